The van der Waals surface area contributed by atoms with Gasteiger partial charge in [0.15, 0.2) is 0 Å². The summed E-state index contributed by atoms with van der Waals surface area (Å²) in [6, 6.07) is 12.2. The Morgan fingerprint density at radius 1 is 1.00 bits per heavy atom. The van der Waals surface area contributed by atoms with Crippen LogP contribution in [0.2, 0.25) is 15.1 Å². The van der Waals surface area contributed by atoms with Crippen molar-refractivity contribution in [2.45, 2.75) is 70.5 Å². The minimum absolute atomic E-state index is 0.105. The number of carbonyl (C=O) groups is 2. The van der Waals surface area contributed by atoms with Crippen molar-refractivity contribution in [3.63, 3.8) is 0 Å². The third-order valence-corrected chi connectivity index (χ3v) is 7.08. The lowest BCUT2D eigenvalue weighted by Crippen LogP contribution is -2.52. The first-order chi connectivity index (χ1) is 15.4. The maximum atomic E-state index is 13.4. The van der Waals surface area contributed by atoms with E-state index in [1.54, 1.807) is 23.1 Å². The maximum absolute atomic E-state index is 13.4. The van der Waals surface area contributed by atoms with Gasteiger partial charge in [-0.1, -0.05) is 85.3 Å². The van der Waals surface area contributed by atoms with E-state index in [1.807, 2.05) is 31.2 Å². The van der Waals surface area contributed by atoms with Crippen molar-refractivity contribution in [1.82, 2.24) is 10.2 Å². The van der Waals surface area contributed by atoms with Crippen molar-refractivity contribution in [3.8, 4) is 0 Å². The first-order valence-corrected chi connectivity index (χ1v) is 12.3. The van der Waals surface area contributed by atoms with Gasteiger partial charge in [0, 0.05) is 17.6 Å². The minimum Gasteiger partial charge on any atom is -0.352 e. The molecule has 1 fully saturated rings. The predicted octanol–water partition coefficient (Wildman–Crippen LogP) is 6.45. The van der Waals surface area contributed by atoms with Crippen molar-refractivity contribution in [2.24, 2.45) is 0 Å². The standard InChI is InChI=1S/C25H29Cl3N2O2/c1-2-23(25(32)29-19-9-4-3-5-10-19)30(16-17-12-13-21(27)22(28)14-17)24(31)15-18-8-6-7-11-20(18)26/h6-8,11-14,19,23H,2-5,9-10,15-16H2,1H3,(H,29,32). The number of hydrogen-bond donors (Lipinski definition) is 1. The molecule has 2 aromatic carbocycles. The average molecular weight is 496 g/mol. The molecule has 0 aromatic heterocycles. The van der Waals surface area contributed by atoms with Crippen LogP contribution in [0.5, 0.6) is 0 Å². The summed E-state index contributed by atoms with van der Waals surface area (Å²) in [7, 11) is 0. The summed E-state index contributed by atoms with van der Waals surface area (Å²) in [6.45, 7) is 2.19. The largest absolute Gasteiger partial charge is 0.352 e. The molecule has 1 aliphatic carbocycles. The summed E-state index contributed by atoms with van der Waals surface area (Å²) in [5, 5.41) is 4.59. The summed E-state index contributed by atoms with van der Waals surface area (Å²) in [5.74, 6) is -0.262. The smallest absolute Gasteiger partial charge is 0.243 e. The van der Waals surface area contributed by atoms with Gasteiger partial charge in [0.1, 0.15) is 6.04 Å². The summed E-state index contributed by atoms with van der Waals surface area (Å²) in [6.07, 6.45) is 6.07. The number of nitrogens with one attached hydrogen (secondary N) is 1. The van der Waals surface area contributed by atoms with Crippen molar-refractivity contribution in [3.05, 3.63) is 68.7 Å². The van der Waals surface area contributed by atoms with Gasteiger partial charge in [-0.3, -0.25) is 9.59 Å². The van der Waals surface area contributed by atoms with E-state index < -0.39 is 6.04 Å². The molecule has 172 valence electrons. The highest BCUT2D eigenvalue weighted by molar-refractivity contribution is 6.42. The Morgan fingerprint density at radius 3 is 2.38 bits per heavy atom. The molecule has 1 unspecified atom stereocenters. The van der Waals surface area contributed by atoms with E-state index in [2.05, 4.69) is 5.32 Å². The Balaban J connectivity index is 1.84. The van der Waals surface area contributed by atoms with Gasteiger partial charge < -0.3 is 10.2 Å². The molecule has 0 radical (unpaired) electrons. The zero-order chi connectivity index (χ0) is 23.1. The van der Waals surface area contributed by atoms with E-state index in [-0.39, 0.29) is 30.8 Å². The summed E-state index contributed by atoms with van der Waals surface area (Å²) < 4.78 is 0. The lowest BCUT2D eigenvalue weighted by atomic mass is 9.95. The molecule has 2 amide bonds. The van der Waals surface area contributed by atoms with Crippen LogP contribution >= 0.6 is 34.8 Å². The fourth-order valence-electron chi connectivity index (χ4n) is 4.20. The number of nitrogens with zero attached hydrogens (tertiary/aromatic N) is 1. The van der Waals surface area contributed by atoms with Crippen molar-refractivity contribution >= 4 is 46.6 Å². The number of amides is 2. The molecule has 0 spiro atoms. The fourth-order valence-corrected chi connectivity index (χ4v) is 4.73. The topological polar surface area (TPSA) is 49.4 Å². The van der Waals surface area contributed by atoms with Crippen LogP contribution in [0.25, 0.3) is 0 Å². The molecule has 1 saturated carbocycles. The molecule has 0 aliphatic heterocycles. The number of benzene rings is 2. The Hall–Kier alpha value is -1.75. The molecule has 4 nitrogen and oxygen atoms in total. The van der Waals surface area contributed by atoms with Crippen LogP contribution in [-0.4, -0.2) is 28.8 Å². The predicted molar refractivity (Wildman–Crippen MR) is 131 cm³/mol. The zero-order valence-electron chi connectivity index (χ0n) is 18.3. The summed E-state index contributed by atoms with van der Waals surface area (Å²) in [4.78, 5) is 28.3. The second-order valence-corrected chi connectivity index (χ2v) is 9.53. The van der Waals surface area contributed by atoms with Gasteiger partial charge in [-0.25, -0.2) is 0 Å². The highest BCUT2D eigenvalue weighted by Gasteiger charge is 2.30. The quantitative estimate of drug-likeness (QED) is 0.458. The molecule has 2 aromatic rings. The van der Waals surface area contributed by atoms with E-state index in [4.69, 9.17) is 34.8 Å². The van der Waals surface area contributed by atoms with E-state index in [1.165, 1.54) is 6.42 Å². The Kier molecular flexibility index (Phi) is 9.27. The first-order valence-electron chi connectivity index (χ1n) is 11.2. The van der Waals surface area contributed by atoms with Gasteiger partial charge in [-0.05, 0) is 48.6 Å². The molecule has 1 aliphatic rings. The molecular weight excluding hydrogens is 467 g/mol. The molecule has 0 saturated heterocycles. The normalized spacial score (nSPS) is 15.2. The fraction of sp³-hybridized carbons (Fsp3) is 0.440. The van der Waals surface area contributed by atoms with Crippen LogP contribution in [0.1, 0.15) is 56.6 Å². The highest BCUT2D eigenvalue weighted by atomic mass is 35.5. The monoisotopic (exact) mass is 494 g/mol. The van der Waals surface area contributed by atoms with Gasteiger partial charge in [-0.2, -0.15) is 0 Å². The van der Waals surface area contributed by atoms with Crippen LogP contribution < -0.4 is 5.32 Å². The van der Waals surface area contributed by atoms with Crippen molar-refractivity contribution in [1.29, 1.82) is 0 Å². The summed E-state index contributed by atoms with van der Waals surface area (Å²) in [5.41, 5.74) is 1.55. The molecule has 1 atom stereocenters. The van der Waals surface area contributed by atoms with Crippen LogP contribution in [0.4, 0.5) is 0 Å². The second-order valence-electron chi connectivity index (χ2n) is 8.31. The third kappa shape index (κ3) is 6.63. The van der Waals surface area contributed by atoms with Crippen LogP contribution in [0, 0.1) is 0 Å². The first kappa shape index (κ1) is 24.9. The highest BCUT2D eigenvalue weighted by Crippen LogP contribution is 2.25. The lowest BCUT2D eigenvalue weighted by molar-refractivity contribution is -0.141. The number of hydrogen-bond acceptors (Lipinski definition) is 2. The minimum atomic E-state index is -0.582. The Labute approximate surface area is 205 Å². The Bertz CT molecular complexity index is 945. The van der Waals surface area contributed by atoms with E-state index in [0.717, 1.165) is 36.8 Å². The van der Waals surface area contributed by atoms with Gasteiger partial charge in [0.2, 0.25) is 11.8 Å². The molecule has 32 heavy (non-hydrogen) atoms. The molecule has 0 bridgehead atoms. The van der Waals surface area contributed by atoms with Crippen LogP contribution in [0.3, 0.4) is 0 Å². The van der Waals surface area contributed by atoms with Gasteiger partial charge in [-0.15, -0.1) is 0 Å². The zero-order valence-corrected chi connectivity index (χ0v) is 20.5. The molecular formula is C25H29Cl3N2O2. The van der Waals surface area contributed by atoms with Gasteiger partial charge >= 0.3 is 0 Å². The van der Waals surface area contributed by atoms with Crippen LogP contribution in [-0.2, 0) is 22.6 Å². The molecule has 3 rings (SSSR count). The van der Waals surface area contributed by atoms with E-state index in [9.17, 15) is 9.59 Å². The van der Waals surface area contributed by atoms with Crippen molar-refractivity contribution < 1.29 is 9.59 Å². The number of rotatable bonds is 8. The molecule has 0 heterocycles. The van der Waals surface area contributed by atoms with Gasteiger partial charge in [0.05, 0.1) is 16.5 Å². The number of carbonyl (C=O) groups excluding carboxylic acids is 2. The summed E-state index contributed by atoms with van der Waals surface area (Å²) >= 11 is 18.6. The Morgan fingerprint density at radius 2 is 1.72 bits per heavy atom. The van der Waals surface area contributed by atoms with Gasteiger partial charge in [0.25, 0.3) is 0 Å². The maximum Gasteiger partial charge on any atom is 0.243 e. The molecule has 1 N–H and O–H groups in total. The van der Waals surface area contributed by atoms with Crippen molar-refractivity contribution in [2.75, 3.05) is 0 Å². The van der Waals surface area contributed by atoms with E-state index >= 15 is 0 Å². The number of halogens is 3. The third-order valence-electron chi connectivity index (χ3n) is 5.97. The average Bonchev–Trinajstić information content (AvgIpc) is 2.78. The molecule has 7 heteroatoms. The second kappa shape index (κ2) is 11.9. The van der Waals surface area contributed by atoms with E-state index in [0.29, 0.717) is 21.5 Å². The lowest BCUT2D eigenvalue weighted by Gasteiger charge is -2.33. The van der Waals surface area contributed by atoms with Crippen LogP contribution in [0.15, 0.2) is 42.5 Å². The SMILES string of the molecule is CCC(C(=O)NC1CCCCC1)N(Cc1ccc(Cl)c(Cl)c1)C(=O)Cc1ccccc1Cl.